The Hall–Kier alpha value is -0.820. The molecule has 0 N–H and O–H groups in total. The van der Waals surface area contributed by atoms with Crippen molar-refractivity contribution in [3.63, 3.8) is 0 Å². The van der Waals surface area contributed by atoms with Crippen LogP contribution in [-0.2, 0) is 6.54 Å². The van der Waals surface area contributed by atoms with E-state index in [1.165, 1.54) is 69.9 Å². The Bertz CT molecular complexity index is 441. The van der Waals surface area contributed by atoms with Gasteiger partial charge in [0.15, 0.2) is 6.54 Å². The van der Waals surface area contributed by atoms with Crippen molar-refractivity contribution < 1.29 is 21.5 Å². The van der Waals surface area contributed by atoms with Gasteiger partial charge < -0.3 is 17.0 Å². The summed E-state index contributed by atoms with van der Waals surface area (Å²) in [6.45, 7) is 0.486. The first-order valence-corrected chi connectivity index (χ1v) is 8.36. The SMILES string of the molecule is N#CC[n+]1cc(C2CCCCC2)n(C2CCCCC2)c1.[Br-]. The van der Waals surface area contributed by atoms with Crippen LogP contribution < -0.4 is 21.5 Å². The van der Waals surface area contributed by atoms with E-state index in [0.717, 1.165) is 5.92 Å². The smallest absolute Gasteiger partial charge is 0.245 e. The van der Waals surface area contributed by atoms with Crippen LogP contribution >= 0.6 is 0 Å². The zero-order valence-electron chi connectivity index (χ0n) is 12.8. The third-order valence-electron chi connectivity index (χ3n) is 5.11. The number of hydrogen-bond acceptors (Lipinski definition) is 1. The monoisotopic (exact) mass is 351 g/mol. The molecule has 21 heavy (non-hydrogen) atoms. The molecule has 1 heterocycles. The predicted octanol–water partition coefficient (Wildman–Crippen LogP) is 0.856. The maximum atomic E-state index is 8.96. The standard InChI is InChI=1S/C17H26N3.BrH/c18-11-12-19-13-17(15-7-3-1-4-8-15)20(14-19)16-9-5-2-6-10-16;/h13-16H,1-10,12H2;1H/q+1;/p-1. The van der Waals surface area contributed by atoms with Crippen molar-refractivity contribution >= 4 is 0 Å². The van der Waals surface area contributed by atoms with E-state index in [2.05, 4.69) is 27.7 Å². The lowest BCUT2D eigenvalue weighted by molar-refractivity contribution is -0.684. The number of nitriles is 1. The van der Waals surface area contributed by atoms with Gasteiger partial charge in [0.05, 0.1) is 0 Å². The molecule has 2 aliphatic rings. The van der Waals surface area contributed by atoms with E-state index < -0.39 is 0 Å². The molecule has 2 aliphatic carbocycles. The second-order valence-corrected chi connectivity index (χ2v) is 6.53. The average Bonchev–Trinajstić information content (AvgIpc) is 2.93. The molecule has 0 saturated heterocycles. The Morgan fingerprint density at radius 2 is 1.67 bits per heavy atom. The zero-order chi connectivity index (χ0) is 13.8. The van der Waals surface area contributed by atoms with Crippen LogP contribution in [0.4, 0.5) is 0 Å². The fourth-order valence-corrected chi connectivity index (χ4v) is 4.04. The van der Waals surface area contributed by atoms with Crippen molar-refractivity contribution in [3.05, 3.63) is 18.2 Å². The number of halogens is 1. The van der Waals surface area contributed by atoms with Crippen LogP contribution in [0, 0.1) is 11.3 Å². The Morgan fingerprint density at radius 3 is 2.29 bits per heavy atom. The topological polar surface area (TPSA) is 32.6 Å². The van der Waals surface area contributed by atoms with E-state index in [1.807, 2.05) is 0 Å². The predicted molar refractivity (Wildman–Crippen MR) is 78.2 cm³/mol. The summed E-state index contributed by atoms with van der Waals surface area (Å²) in [5.41, 5.74) is 1.51. The van der Waals surface area contributed by atoms with Crippen LogP contribution in [0.2, 0.25) is 0 Å². The summed E-state index contributed by atoms with van der Waals surface area (Å²) in [7, 11) is 0. The molecule has 4 heteroatoms. The molecular formula is C17H26BrN3. The largest absolute Gasteiger partial charge is 1.00 e. The van der Waals surface area contributed by atoms with Gasteiger partial charge in [-0.05, 0) is 38.5 Å². The first-order valence-electron chi connectivity index (χ1n) is 8.36. The Balaban J connectivity index is 0.00000161. The Kier molecular flexibility index (Phi) is 6.29. The molecule has 0 amide bonds. The summed E-state index contributed by atoms with van der Waals surface area (Å²) < 4.78 is 4.63. The highest BCUT2D eigenvalue weighted by molar-refractivity contribution is 5.06. The van der Waals surface area contributed by atoms with Crippen molar-refractivity contribution in [2.24, 2.45) is 0 Å². The van der Waals surface area contributed by atoms with Gasteiger partial charge >= 0.3 is 0 Å². The minimum atomic E-state index is 0. The fourth-order valence-electron chi connectivity index (χ4n) is 4.04. The van der Waals surface area contributed by atoms with Crippen LogP contribution in [0.5, 0.6) is 0 Å². The van der Waals surface area contributed by atoms with Crippen LogP contribution in [0.1, 0.15) is 81.9 Å². The van der Waals surface area contributed by atoms with Gasteiger partial charge in [0, 0.05) is 5.92 Å². The number of imidazole rings is 1. The lowest BCUT2D eigenvalue weighted by atomic mass is 9.86. The molecule has 3 nitrogen and oxygen atoms in total. The highest BCUT2D eigenvalue weighted by Crippen LogP contribution is 2.36. The molecule has 1 aromatic heterocycles. The minimum Gasteiger partial charge on any atom is -1.00 e. The summed E-state index contributed by atoms with van der Waals surface area (Å²) in [6, 6.07) is 2.96. The molecule has 0 aromatic carbocycles. The van der Waals surface area contributed by atoms with Gasteiger partial charge in [-0.3, -0.25) is 0 Å². The van der Waals surface area contributed by atoms with Gasteiger partial charge in [0.1, 0.15) is 24.0 Å². The molecule has 0 radical (unpaired) electrons. The van der Waals surface area contributed by atoms with Gasteiger partial charge in [-0.15, -0.1) is 0 Å². The summed E-state index contributed by atoms with van der Waals surface area (Å²) in [5, 5.41) is 8.96. The van der Waals surface area contributed by atoms with Crippen LogP contribution in [-0.4, -0.2) is 4.57 Å². The molecule has 2 fully saturated rings. The molecule has 0 atom stereocenters. The normalized spacial score (nSPS) is 20.7. The van der Waals surface area contributed by atoms with Crippen molar-refractivity contribution in [2.45, 2.75) is 82.7 Å². The van der Waals surface area contributed by atoms with Crippen LogP contribution in [0.25, 0.3) is 0 Å². The van der Waals surface area contributed by atoms with Crippen LogP contribution in [0.15, 0.2) is 12.5 Å². The summed E-state index contributed by atoms with van der Waals surface area (Å²) in [4.78, 5) is 0. The lowest BCUT2D eigenvalue weighted by Gasteiger charge is -2.24. The van der Waals surface area contributed by atoms with E-state index >= 15 is 0 Å². The lowest BCUT2D eigenvalue weighted by Crippen LogP contribution is -3.00. The second kappa shape index (κ2) is 7.98. The molecule has 116 valence electrons. The van der Waals surface area contributed by atoms with E-state index in [4.69, 9.17) is 5.26 Å². The van der Waals surface area contributed by atoms with Crippen LogP contribution in [0.3, 0.4) is 0 Å². The van der Waals surface area contributed by atoms with Crippen molar-refractivity contribution in [3.8, 4) is 6.07 Å². The first-order chi connectivity index (χ1) is 9.88. The Morgan fingerprint density at radius 1 is 1.05 bits per heavy atom. The van der Waals surface area contributed by atoms with E-state index in [1.54, 1.807) is 0 Å². The summed E-state index contributed by atoms with van der Waals surface area (Å²) in [6.07, 6.45) is 18.1. The maximum Gasteiger partial charge on any atom is 0.245 e. The first kappa shape index (κ1) is 16.5. The number of nitrogens with zero attached hydrogens (tertiary/aromatic N) is 3. The zero-order valence-corrected chi connectivity index (χ0v) is 14.4. The van der Waals surface area contributed by atoms with Crippen molar-refractivity contribution in [1.82, 2.24) is 4.57 Å². The summed E-state index contributed by atoms with van der Waals surface area (Å²) >= 11 is 0. The van der Waals surface area contributed by atoms with Crippen molar-refractivity contribution in [1.29, 1.82) is 5.26 Å². The molecule has 0 spiro atoms. The van der Waals surface area contributed by atoms with Gasteiger partial charge in [0.25, 0.3) is 0 Å². The van der Waals surface area contributed by atoms with Gasteiger partial charge in [-0.1, -0.05) is 25.7 Å². The summed E-state index contributed by atoms with van der Waals surface area (Å²) in [5.74, 6) is 0.727. The highest BCUT2D eigenvalue weighted by Gasteiger charge is 2.29. The van der Waals surface area contributed by atoms with Crippen molar-refractivity contribution in [2.75, 3.05) is 0 Å². The number of hydrogen-bond donors (Lipinski definition) is 0. The molecule has 1 aromatic rings. The number of aromatic nitrogens is 2. The molecular weight excluding hydrogens is 326 g/mol. The third kappa shape index (κ3) is 3.88. The van der Waals surface area contributed by atoms with E-state index in [9.17, 15) is 0 Å². The molecule has 3 rings (SSSR count). The second-order valence-electron chi connectivity index (χ2n) is 6.53. The molecule has 2 saturated carbocycles. The molecule has 0 unspecified atom stereocenters. The van der Waals surface area contributed by atoms with Gasteiger partial charge in [0.2, 0.25) is 6.33 Å². The van der Waals surface area contributed by atoms with E-state index in [0.29, 0.717) is 12.6 Å². The average molecular weight is 352 g/mol. The molecule has 0 bridgehead atoms. The molecule has 0 aliphatic heterocycles. The highest BCUT2D eigenvalue weighted by atomic mass is 79.9. The number of rotatable bonds is 3. The maximum absolute atomic E-state index is 8.96. The van der Waals surface area contributed by atoms with Gasteiger partial charge in [-0.25, -0.2) is 9.13 Å². The quantitative estimate of drug-likeness (QED) is 0.743. The fraction of sp³-hybridized carbons (Fsp3) is 0.765. The van der Waals surface area contributed by atoms with Gasteiger partial charge in [-0.2, -0.15) is 5.26 Å². The minimum absolute atomic E-state index is 0. The Labute approximate surface area is 138 Å². The van der Waals surface area contributed by atoms with E-state index in [-0.39, 0.29) is 17.0 Å². The third-order valence-corrected chi connectivity index (χ3v) is 5.11.